The van der Waals surface area contributed by atoms with Crippen LogP contribution in [0.3, 0.4) is 0 Å². The molecule has 2 unspecified atom stereocenters. The number of urea groups is 1. The number of nitrogens with one attached hydrogen (secondary N) is 2. The van der Waals surface area contributed by atoms with E-state index in [2.05, 4.69) is 20.7 Å². The van der Waals surface area contributed by atoms with E-state index in [-0.39, 0.29) is 18.6 Å². The number of aryl methyl sites for hydroxylation is 1. The summed E-state index contributed by atoms with van der Waals surface area (Å²) in [4.78, 5) is 16.0. The largest absolute Gasteiger partial charge is 0.383 e. The first-order chi connectivity index (χ1) is 11.6. The van der Waals surface area contributed by atoms with Crippen molar-refractivity contribution in [2.24, 2.45) is 0 Å². The zero-order chi connectivity index (χ0) is 17.0. The number of nitrogens with zero attached hydrogens (tertiary/aromatic N) is 3. The molecule has 2 aromatic rings. The summed E-state index contributed by atoms with van der Waals surface area (Å²) in [5, 5.41) is 20.6. The number of carbonyl (C=O) groups is 1. The molecule has 0 fully saturated rings. The highest BCUT2D eigenvalue weighted by molar-refractivity contribution is 5.74. The average Bonchev–Trinajstić information content (AvgIpc) is 3.06. The van der Waals surface area contributed by atoms with E-state index < -0.39 is 5.60 Å². The number of amides is 2. The molecule has 2 atom stereocenters. The molecule has 3 N–H and O–H groups in total. The summed E-state index contributed by atoms with van der Waals surface area (Å²) in [5.74, 6) is 0. The van der Waals surface area contributed by atoms with Crippen LogP contribution in [0.15, 0.2) is 36.9 Å². The van der Waals surface area contributed by atoms with Crippen LogP contribution < -0.4 is 10.6 Å². The van der Waals surface area contributed by atoms with Crippen LogP contribution in [0, 0.1) is 0 Å². The molecule has 2 amide bonds. The minimum absolute atomic E-state index is 0.0972. The second-order valence-electron chi connectivity index (χ2n) is 6.39. The third-order valence-electron chi connectivity index (χ3n) is 4.40. The molecule has 0 saturated heterocycles. The van der Waals surface area contributed by atoms with E-state index in [9.17, 15) is 9.90 Å². The number of carbonyl (C=O) groups excluding carboxylic acids is 1. The van der Waals surface area contributed by atoms with Crippen molar-refractivity contribution >= 4 is 6.03 Å². The number of aliphatic hydroxyl groups is 1. The summed E-state index contributed by atoms with van der Waals surface area (Å²) < 4.78 is 1.66. The molecule has 0 radical (unpaired) electrons. The molecular formula is C17H23N5O2. The van der Waals surface area contributed by atoms with Crippen molar-refractivity contribution in [2.75, 3.05) is 6.54 Å². The van der Waals surface area contributed by atoms with E-state index in [4.69, 9.17) is 0 Å². The van der Waals surface area contributed by atoms with Crippen molar-refractivity contribution in [3.63, 3.8) is 0 Å². The Kier molecular flexibility index (Phi) is 4.80. The van der Waals surface area contributed by atoms with Crippen LogP contribution >= 0.6 is 0 Å². The Balaban J connectivity index is 1.54. The van der Waals surface area contributed by atoms with Crippen molar-refractivity contribution < 1.29 is 9.90 Å². The first kappa shape index (κ1) is 16.4. The number of benzene rings is 1. The number of fused-ring (bicyclic) bond motifs is 1. The van der Waals surface area contributed by atoms with E-state index >= 15 is 0 Å². The molecule has 1 aliphatic rings. The van der Waals surface area contributed by atoms with E-state index in [0.717, 1.165) is 24.0 Å². The Labute approximate surface area is 141 Å². The van der Waals surface area contributed by atoms with Gasteiger partial charge < -0.3 is 15.7 Å². The topological polar surface area (TPSA) is 92.1 Å². The minimum atomic E-state index is -0.999. The molecule has 1 aromatic carbocycles. The lowest BCUT2D eigenvalue weighted by Crippen LogP contribution is -2.48. The lowest BCUT2D eigenvalue weighted by Gasteiger charge is -2.34. The smallest absolute Gasteiger partial charge is 0.315 e. The van der Waals surface area contributed by atoms with Crippen LogP contribution in [0.2, 0.25) is 0 Å². The Morgan fingerprint density at radius 3 is 3.08 bits per heavy atom. The zero-order valence-electron chi connectivity index (χ0n) is 13.8. The summed E-state index contributed by atoms with van der Waals surface area (Å²) in [6.07, 6.45) is 5.61. The molecule has 0 spiro atoms. The van der Waals surface area contributed by atoms with Gasteiger partial charge in [-0.05, 0) is 37.3 Å². The Morgan fingerprint density at radius 2 is 2.29 bits per heavy atom. The van der Waals surface area contributed by atoms with Crippen LogP contribution in [0.4, 0.5) is 4.79 Å². The van der Waals surface area contributed by atoms with E-state index in [1.54, 1.807) is 11.0 Å². The van der Waals surface area contributed by atoms with E-state index in [0.29, 0.717) is 13.0 Å². The van der Waals surface area contributed by atoms with Gasteiger partial charge >= 0.3 is 6.03 Å². The normalized spacial score (nSPS) is 20.9. The van der Waals surface area contributed by atoms with Gasteiger partial charge in [-0.3, -0.25) is 4.68 Å². The lowest BCUT2D eigenvalue weighted by molar-refractivity contribution is 0.0216. The fourth-order valence-electron chi connectivity index (χ4n) is 3.24. The standard InChI is InChI=1S/C17H23N5O2/c1-13(9-22-12-18-11-20-22)21-16(23)19-10-17(24)8-4-6-14-5-2-3-7-15(14)17/h2-3,5,7,11-13,24H,4,6,8-10H2,1H3,(H2,19,21,23). The predicted molar refractivity (Wildman–Crippen MR) is 89.3 cm³/mol. The summed E-state index contributed by atoms with van der Waals surface area (Å²) in [7, 11) is 0. The summed E-state index contributed by atoms with van der Waals surface area (Å²) in [6, 6.07) is 7.51. The monoisotopic (exact) mass is 329 g/mol. The molecule has 1 aromatic heterocycles. The van der Waals surface area contributed by atoms with Gasteiger partial charge in [0.05, 0.1) is 13.1 Å². The molecule has 0 aliphatic heterocycles. The van der Waals surface area contributed by atoms with Crippen LogP contribution in [0.25, 0.3) is 0 Å². The van der Waals surface area contributed by atoms with Gasteiger partial charge in [0.1, 0.15) is 18.3 Å². The zero-order valence-corrected chi connectivity index (χ0v) is 13.8. The van der Waals surface area contributed by atoms with Crippen molar-refractivity contribution in [3.8, 4) is 0 Å². The molecule has 24 heavy (non-hydrogen) atoms. The van der Waals surface area contributed by atoms with Crippen molar-refractivity contribution in [1.82, 2.24) is 25.4 Å². The maximum atomic E-state index is 12.1. The molecule has 7 heteroatoms. The molecule has 0 bridgehead atoms. The molecule has 0 saturated carbocycles. The van der Waals surface area contributed by atoms with Gasteiger partial charge in [-0.25, -0.2) is 9.78 Å². The maximum absolute atomic E-state index is 12.1. The number of hydrogen-bond acceptors (Lipinski definition) is 4. The maximum Gasteiger partial charge on any atom is 0.315 e. The minimum Gasteiger partial charge on any atom is -0.383 e. The van der Waals surface area contributed by atoms with Gasteiger partial charge in [-0.2, -0.15) is 5.10 Å². The van der Waals surface area contributed by atoms with Crippen molar-refractivity contribution in [1.29, 1.82) is 0 Å². The quantitative estimate of drug-likeness (QED) is 0.768. The third kappa shape index (κ3) is 3.73. The lowest BCUT2D eigenvalue weighted by atomic mass is 9.79. The Morgan fingerprint density at radius 1 is 1.46 bits per heavy atom. The van der Waals surface area contributed by atoms with E-state index in [1.807, 2.05) is 31.2 Å². The SMILES string of the molecule is CC(Cn1cncn1)NC(=O)NCC1(O)CCCc2ccccc21. The Hall–Kier alpha value is -2.41. The number of hydrogen-bond donors (Lipinski definition) is 3. The molecular weight excluding hydrogens is 306 g/mol. The van der Waals surface area contributed by atoms with Crippen LogP contribution in [-0.2, 0) is 18.6 Å². The van der Waals surface area contributed by atoms with Gasteiger partial charge in [0.25, 0.3) is 0 Å². The average molecular weight is 329 g/mol. The summed E-state index contributed by atoms with van der Waals surface area (Å²) >= 11 is 0. The highest BCUT2D eigenvalue weighted by Crippen LogP contribution is 2.34. The predicted octanol–water partition coefficient (Wildman–Crippen LogP) is 1.19. The Bertz CT molecular complexity index is 688. The summed E-state index contributed by atoms with van der Waals surface area (Å²) in [5.41, 5.74) is 1.08. The van der Waals surface area contributed by atoms with Crippen LogP contribution in [0.1, 0.15) is 30.9 Å². The first-order valence-electron chi connectivity index (χ1n) is 8.24. The molecule has 128 valence electrons. The summed E-state index contributed by atoms with van der Waals surface area (Å²) in [6.45, 7) is 2.64. The number of rotatable bonds is 5. The molecule has 1 aliphatic carbocycles. The second-order valence-corrected chi connectivity index (χ2v) is 6.39. The van der Waals surface area contributed by atoms with E-state index in [1.165, 1.54) is 6.33 Å². The first-order valence-corrected chi connectivity index (χ1v) is 8.24. The van der Waals surface area contributed by atoms with Gasteiger partial charge in [-0.15, -0.1) is 0 Å². The highest BCUT2D eigenvalue weighted by atomic mass is 16.3. The fraction of sp³-hybridized carbons (Fsp3) is 0.471. The van der Waals surface area contributed by atoms with Gasteiger partial charge in [0.2, 0.25) is 0 Å². The fourth-order valence-corrected chi connectivity index (χ4v) is 3.24. The van der Waals surface area contributed by atoms with Gasteiger partial charge in [-0.1, -0.05) is 24.3 Å². The second kappa shape index (κ2) is 7.00. The van der Waals surface area contributed by atoms with Crippen molar-refractivity contribution in [3.05, 3.63) is 48.0 Å². The number of aromatic nitrogens is 3. The molecule has 1 heterocycles. The van der Waals surface area contributed by atoms with Crippen molar-refractivity contribution in [2.45, 2.75) is 44.4 Å². The molecule has 7 nitrogen and oxygen atoms in total. The molecule has 3 rings (SSSR count). The van der Waals surface area contributed by atoms with Gasteiger partial charge in [0.15, 0.2) is 0 Å². The highest BCUT2D eigenvalue weighted by Gasteiger charge is 2.34. The van der Waals surface area contributed by atoms with Gasteiger partial charge in [0, 0.05) is 6.04 Å². The third-order valence-corrected chi connectivity index (χ3v) is 4.40. The van der Waals surface area contributed by atoms with Crippen LogP contribution in [0.5, 0.6) is 0 Å². The van der Waals surface area contributed by atoms with Crippen LogP contribution in [-0.4, -0.2) is 38.5 Å².